The fourth-order valence-electron chi connectivity index (χ4n) is 2.27. The van der Waals surface area contributed by atoms with E-state index in [0.717, 1.165) is 18.9 Å². The first-order valence-corrected chi connectivity index (χ1v) is 5.43. The summed E-state index contributed by atoms with van der Waals surface area (Å²) in [5.74, 6) is 0.737. The summed E-state index contributed by atoms with van der Waals surface area (Å²) in [6.45, 7) is 8.69. The zero-order valence-corrected chi connectivity index (χ0v) is 9.19. The molecule has 13 heavy (non-hydrogen) atoms. The summed E-state index contributed by atoms with van der Waals surface area (Å²) < 4.78 is 0. The maximum Gasteiger partial charge on any atom is 0.0925 e. The maximum atomic E-state index is 7.56. The number of hydrogen-bond acceptors (Lipinski definition) is 1. The van der Waals surface area contributed by atoms with Crippen LogP contribution in [0.2, 0.25) is 0 Å². The first-order chi connectivity index (χ1) is 6.13. The van der Waals surface area contributed by atoms with Crippen LogP contribution in [0.3, 0.4) is 0 Å². The monoisotopic (exact) mass is 182 g/mol. The number of amidine groups is 1. The van der Waals surface area contributed by atoms with E-state index in [0.29, 0.717) is 5.41 Å². The SMILES string of the molecule is CCC1(CC)CCN(C(C)=N)CC1. The predicted molar refractivity (Wildman–Crippen MR) is 57.2 cm³/mol. The van der Waals surface area contributed by atoms with E-state index >= 15 is 0 Å². The molecule has 1 rings (SSSR count). The molecule has 0 unspecified atom stereocenters. The minimum Gasteiger partial charge on any atom is -0.361 e. The number of rotatable bonds is 2. The summed E-state index contributed by atoms with van der Waals surface area (Å²) in [6.07, 6.45) is 5.15. The van der Waals surface area contributed by atoms with Crippen LogP contribution in [0.4, 0.5) is 0 Å². The van der Waals surface area contributed by atoms with E-state index in [9.17, 15) is 0 Å². The standard InChI is InChI=1S/C11H22N2/c1-4-11(5-2)6-8-13(9-7-11)10(3)12/h12H,4-9H2,1-3H3. The van der Waals surface area contributed by atoms with Crippen LogP contribution in [0.25, 0.3) is 0 Å². The first-order valence-electron chi connectivity index (χ1n) is 5.43. The van der Waals surface area contributed by atoms with Gasteiger partial charge in [-0.1, -0.05) is 26.7 Å². The Morgan fingerprint density at radius 2 is 1.69 bits per heavy atom. The molecule has 76 valence electrons. The molecule has 0 saturated carbocycles. The molecule has 0 spiro atoms. The highest BCUT2D eigenvalue weighted by Crippen LogP contribution is 2.37. The van der Waals surface area contributed by atoms with Gasteiger partial charge in [0, 0.05) is 13.1 Å². The topological polar surface area (TPSA) is 27.1 Å². The third-order valence-corrected chi connectivity index (χ3v) is 3.80. The van der Waals surface area contributed by atoms with E-state index in [1.54, 1.807) is 0 Å². The normalized spacial score (nSPS) is 21.6. The molecule has 1 saturated heterocycles. The molecule has 1 aliphatic heterocycles. The molecule has 1 fully saturated rings. The lowest BCUT2D eigenvalue weighted by Crippen LogP contribution is -2.41. The summed E-state index contributed by atoms with van der Waals surface area (Å²) in [5.41, 5.74) is 0.589. The molecule has 2 heteroatoms. The molecule has 1 N–H and O–H groups in total. The number of piperidine rings is 1. The van der Waals surface area contributed by atoms with Crippen molar-refractivity contribution >= 4 is 5.84 Å². The lowest BCUT2D eigenvalue weighted by molar-refractivity contribution is 0.135. The molecular weight excluding hydrogens is 160 g/mol. The van der Waals surface area contributed by atoms with Crippen molar-refractivity contribution in [2.45, 2.75) is 46.5 Å². The van der Waals surface area contributed by atoms with Gasteiger partial charge in [-0.2, -0.15) is 0 Å². The molecule has 2 nitrogen and oxygen atoms in total. The Labute approximate surface area is 81.8 Å². The van der Waals surface area contributed by atoms with Crippen molar-refractivity contribution in [2.75, 3.05) is 13.1 Å². The second-order valence-corrected chi connectivity index (χ2v) is 4.28. The largest absolute Gasteiger partial charge is 0.361 e. The number of hydrogen-bond donors (Lipinski definition) is 1. The molecule has 1 heterocycles. The van der Waals surface area contributed by atoms with Crippen molar-refractivity contribution in [3.05, 3.63) is 0 Å². The van der Waals surface area contributed by atoms with Crippen molar-refractivity contribution in [1.29, 1.82) is 5.41 Å². The Bertz CT molecular complexity index is 173. The van der Waals surface area contributed by atoms with Gasteiger partial charge in [0.05, 0.1) is 5.84 Å². The van der Waals surface area contributed by atoms with Gasteiger partial charge in [0.2, 0.25) is 0 Å². The van der Waals surface area contributed by atoms with Gasteiger partial charge in [0.25, 0.3) is 0 Å². The molecule has 0 amide bonds. The highest BCUT2D eigenvalue weighted by atomic mass is 15.2. The third-order valence-electron chi connectivity index (χ3n) is 3.80. The highest BCUT2D eigenvalue weighted by molar-refractivity contribution is 5.76. The van der Waals surface area contributed by atoms with E-state index in [1.165, 1.54) is 25.7 Å². The lowest BCUT2D eigenvalue weighted by atomic mass is 9.74. The average Bonchev–Trinajstić information content (AvgIpc) is 2.18. The summed E-state index contributed by atoms with van der Waals surface area (Å²) in [6, 6.07) is 0. The van der Waals surface area contributed by atoms with E-state index in [1.807, 2.05) is 6.92 Å². The van der Waals surface area contributed by atoms with Crippen LogP contribution in [0.5, 0.6) is 0 Å². The zero-order chi connectivity index (χ0) is 9.90. The predicted octanol–water partition coefficient (Wildman–Crippen LogP) is 2.89. The molecule has 0 radical (unpaired) electrons. The van der Waals surface area contributed by atoms with Crippen molar-refractivity contribution in [2.24, 2.45) is 5.41 Å². The quantitative estimate of drug-likeness (QED) is 0.516. The second kappa shape index (κ2) is 4.12. The van der Waals surface area contributed by atoms with Crippen molar-refractivity contribution in [1.82, 2.24) is 4.90 Å². The Hall–Kier alpha value is -0.530. The van der Waals surface area contributed by atoms with Gasteiger partial charge in [-0.25, -0.2) is 0 Å². The van der Waals surface area contributed by atoms with Crippen molar-refractivity contribution in [3.63, 3.8) is 0 Å². The van der Waals surface area contributed by atoms with E-state index in [-0.39, 0.29) is 0 Å². The molecule has 0 aliphatic carbocycles. The Morgan fingerprint density at radius 3 is 2.00 bits per heavy atom. The van der Waals surface area contributed by atoms with Gasteiger partial charge < -0.3 is 4.90 Å². The number of nitrogens with zero attached hydrogens (tertiary/aromatic N) is 1. The van der Waals surface area contributed by atoms with Gasteiger partial charge in [0.15, 0.2) is 0 Å². The van der Waals surface area contributed by atoms with Crippen LogP contribution < -0.4 is 0 Å². The van der Waals surface area contributed by atoms with Crippen LogP contribution in [0, 0.1) is 10.8 Å². The summed E-state index contributed by atoms with van der Waals surface area (Å²) in [5, 5.41) is 7.56. The Kier molecular flexibility index (Phi) is 3.34. The maximum absolute atomic E-state index is 7.56. The van der Waals surface area contributed by atoms with Crippen LogP contribution in [-0.4, -0.2) is 23.8 Å². The minimum atomic E-state index is 0.589. The van der Waals surface area contributed by atoms with Crippen LogP contribution in [0.15, 0.2) is 0 Å². The van der Waals surface area contributed by atoms with Crippen molar-refractivity contribution in [3.8, 4) is 0 Å². The van der Waals surface area contributed by atoms with Crippen molar-refractivity contribution < 1.29 is 0 Å². The van der Waals surface area contributed by atoms with E-state index in [2.05, 4.69) is 18.7 Å². The number of nitrogens with one attached hydrogen (secondary N) is 1. The summed E-state index contributed by atoms with van der Waals surface area (Å²) in [4.78, 5) is 2.20. The fraction of sp³-hybridized carbons (Fsp3) is 0.909. The van der Waals surface area contributed by atoms with E-state index < -0.39 is 0 Å². The molecule has 0 aromatic heterocycles. The highest BCUT2D eigenvalue weighted by Gasteiger charge is 2.31. The second-order valence-electron chi connectivity index (χ2n) is 4.28. The molecule has 0 bridgehead atoms. The third kappa shape index (κ3) is 2.23. The lowest BCUT2D eigenvalue weighted by Gasteiger charge is -2.41. The van der Waals surface area contributed by atoms with Crippen LogP contribution in [0.1, 0.15) is 46.5 Å². The molecule has 1 aliphatic rings. The summed E-state index contributed by atoms with van der Waals surface area (Å²) >= 11 is 0. The smallest absolute Gasteiger partial charge is 0.0925 e. The molecular formula is C11H22N2. The first kappa shape index (κ1) is 10.6. The van der Waals surface area contributed by atoms with Gasteiger partial charge in [-0.15, -0.1) is 0 Å². The van der Waals surface area contributed by atoms with Gasteiger partial charge in [-0.05, 0) is 25.2 Å². The van der Waals surface area contributed by atoms with Gasteiger partial charge in [0.1, 0.15) is 0 Å². The molecule has 0 aromatic rings. The molecule has 0 aromatic carbocycles. The van der Waals surface area contributed by atoms with Gasteiger partial charge >= 0.3 is 0 Å². The minimum absolute atomic E-state index is 0.589. The Morgan fingerprint density at radius 1 is 1.23 bits per heavy atom. The summed E-state index contributed by atoms with van der Waals surface area (Å²) in [7, 11) is 0. The fourth-order valence-corrected chi connectivity index (χ4v) is 2.27. The van der Waals surface area contributed by atoms with E-state index in [4.69, 9.17) is 5.41 Å². The van der Waals surface area contributed by atoms with Crippen LogP contribution in [-0.2, 0) is 0 Å². The molecule has 0 atom stereocenters. The zero-order valence-electron chi connectivity index (χ0n) is 9.19. The average molecular weight is 182 g/mol. The van der Waals surface area contributed by atoms with Crippen LogP contribution >= 0.6 is 0 Å². The number of likely N-dealkylation sites (tertiary alicyclic amines) is 1. The Balaban J connectivity index is 2.50. The van der Waals surface area contributed by atoms with Gasteiger partial charge in [-0.3, -0.25) is 5.41 Å².